The lowest BCUT2D eigenvalue weighted by atomic mass is 10.1. The van der Waals surface area contributed by atoms with Crippen molar-refractivity contribution in [2.45, 2.75) is 6.92 Å². The zero-order chi connectivity index (χ0) is 10.6. The Kier molecular flexibility index (Phi) is 3.03. The van der Waals surface area contributed by atoms with E-state index in [-0.39, 0.29) is 5.57 Å². The number of hydrogen-bond donors (Lipinski definition) is 0. The Balaban J connectivity index is 2.95. The molecule has 0 radical (unpaired) electrons. The van der Waals surface area contributed by atoms with Crippen LogP contribution in [0.1, 0.15) is 18.1 Å². The fraction of sp³-hybridized carbons (Fsp3) is 0.0909. The van der Waals surface area contributed by atoms with Gasteiger partial charge in [0.1, 0.15) is 0 Å². The number of benzene rings is 1. The maximum Gasteiger partial charge on any atom is 0.0991 e. The summed E-state index contributed by atoms with van der Waals surface area (Å²) in [5.74, 6) is -1.19. The molecule has 1 aromatic rings. The number of nitrogens with zero attached hydrogens (tertiary/aromatic N) is 1. The van der Waals surface area contributed by atoms with Gasteiger partial charge in [-0.2, -0.15) is 5.26 Å². The maximum absolute atomic E-state index is 10.4. The van der Waals surface area contributed by atoms with Crippen LogP contribution in [0.25, 0.3) is 6.08 Å². The van der Waals surface area contributed by atoms with Crippen LogP contribution in [0.15, 0.2) is 29.8 Å². The molecule has 1 aromatic carbocycles. The number of hydrogen-bond acceptors (Lipinski definition) is 3. The van der Waals surface area contributed by atoms with Gasteiger partial charge in [0.15, 0.2) is 0 Å². The second-order valence-electron chi connectivity index (χ2n) is 2.85. The molecule has 0 heterocycles. The molecule has 0 aliphatic heterocycles. The van der Waals surface area contributed by atoms with Gasteiger partial charge in [0.25, 0.3) is 0 Å². The van der Waals surface area contributed by atoms with Gasteiger partial charge in [-0.25, -0.2) is 0 Å². The van der Waals surface area contributed by atoms with Crippen LogP contribution in [0.5, 0.6) is 0 Å². The van der Waals surface area contributed by atoms with Gasteiger partial charge < -0.3 is 9.90 Å². The number of carbonyl (C=O) groups excluding carboxylic acids is 1. The highest BCUT2D eigenvalue weighted by Gasteiger charge is 1.92. The van der Waals surface area contributed by atoms with E-state index in [2.05, 4.69) is 0 Å². The van der Waals surface area contributed by atoms with Crippen molar-refractivity contribution in [3.63, 3.8) is 0 Å². The molecule has 0 unspecified atom stereocenters. The molecule has 70 valence electrons. The number of rotatable bonds is 2. The molecule has 0 amide bonds. The van der Waals surface area contributed by atoms with E-state index in [4.69, 9.17) is 5.26 Å². The van der Waals surface area contributed by atoms with E-state index in [1.54, 1.807) is 24.3 Å². The van der Waals surface area contributed by atoms with Crippen molar-refractivity contribution in [2.75, 3.05) is 0 Å². The summed E-state index contributed by atoms with van der Waals surface area (Å²) >= 11 is 0. The summed E-state index contributed by atoms with van der Waals surface area (Å²) in [6.45, 7) is 1.47. The first-order chi connectivity index (χ1) is 6.63. The molecule has 3 nitrogen and oxygen atoms in total. The molecule has 0 aliphatic rings. The second kappa shape index (κ2) is 4.24. The molecule has 0 saturated carbocycles. The van der Waals surface area contributed by atoms with E-state index in [0.29, 0.717) is 5.56 Å². The Morgan fingerprint density at radius 2 is 2.00 bits per heavy atom. The number of nitriles is 1. The standard InChI is InChI=1S/C11H9NO2/c1-8(11(13)14)6-9-2-4-10(7-12)5-3-9/h2-6H,1H3,(H,13,14)/p-1/b8-6+. The molecule has 0 saturated heterocycles. The fourth-order valence-corrected chi connectivity index (χ4v) is 0.963. The number of carbonyl (C=O) groups is 1. The monoisotopic (exact) mass is 186 g/mol. The quantitative estimate of drug-likeness (QED) is 0.639. The molecule has 0 N–H and O–H groups in total. The summed E-state index contributed by atoms with van der Waals surface area (Å²) in [7, 11) is 0. The van der Waals surface area contributed by atoms with Crippen molar-refractivity contribution >= 4 is 12.0 Å². The Bertz CT molecular complexity index is 410. The summed E-state index contributed by atoms with van der Waals surface area (Å²) in [4.78, 5) is 10.4. The third-order valence-corrected chi connectivity index (χ3v) is 1.74. The smallest absolute Gasteiger partial charge is 0.0991 e. The molecular formula is C11H8NO2-. The van der Waals surface area contributed by atoms with Crippen LogP contribution in [0, 0.1) is 11.3 Å². The molecule has 3 heteroatoms. The van der Waals surface area contributed by atoms with Gasteiger partial charge in [0.05, 0.1) is 17.6 Å². The van der Waals surface area contributed by atoms with Crippen molar-refractivity contribution in [2.24, 2.45) is 0 Å². The predicted molar refractivity (Wildman–Crippen MR) is 49.8 cm³/mol. The minimum Gasteiger partial charge on any atom is -0.545 e. The van der Waals surface area contributed by atoms with Crippen LogP contribution < -0.4 is 5.11 Å². The summed E-state index contributed by atoms with van der Waals surface area (Å²) < 4.78 is 0. The molecule has 0 bridgehead atoms. The van der Waals surface area contributed by atoms with E-state index in [1.807, 2.05) is 6.07 Å². The van der Waals surface area contributed by atoms with Crippen LogP contribution in [0.2, 0.25) is 0 Å². The third kappa shape index (κ3) is 2.46. The van der Waals surface area contributed by atoms with E-state index in [0.717, 1.165) is 5.56 Å². The number of carboxylic acid groups (broad SMARTS) is 1. The van der Waals surface area contributed by atoms with Gasteiger partial charge in [-0.15, -0.1) is 0 Å². The number of carboxylic acids is 1. The first-order valence-corrected chi connectivity index (χ1v) is 4.03. The predicted octanol–water partition coefficient (Wildman–Crippen LogP) is 0.711. The van der Waals surface area contributed by atoms with Gasteiger partial charge in [0.2, 0.25) is 0 Å². The third-order valence-electron chi connectivity index (χ3n) is 1.74. The molecule has 14 heavy (non-hydrogen) atoms. The van der Waals surface area contributed by atoms with E-state index < -0.39 is 5.97 Å². The highest BCUT2D eigenvalue weighted by molar-refractivity contribution is 5.89. The van der Waals surface area contributed by atoms with Crippen LogP contribution >= 0.6 is 0 Å². The second-order valence-corrected chi connectivity index (χ2v) is 2.85. The topological polar surface area (TPSA) is 63.9 Å². The molecule has 0 aliphatic carbocycles. The highest BCUT2D eigenvalue weighted by Crippen LogP contribution is 2.07. The Labute approximate surface area is 81.9 Å². The summed E-state index contributed by atoms with van der Waals surface area (Å²) in [5, 5.41) is 18.9. The van der Waals surface area contributed by atoms with E-state index in [9.17, 15) is 9.90 Å². The largest absolute Gasteiger partial charge is 0.545 e. The minimum atomic E-state index is -1.19. The Morgan fingerprint density at radius 3 is 2.43 bits per heavy atom. The van der Waals surface area contributed by atoms with E-state index in [1.165, 1.54) is 13.0 Å². The Morgan fingerprint density at radius 1 is 1.43 bits per heavy atom. The maximum atomic E-state index is 10.4. The lowest BCUT2D eigenvalue weighted by Gasteiger charge is -2.01. The number of aliphatic carboxylic acids is 1. The fourth-order valence-electron chi connectivity index (χ4n) is 0.963. The molecule has 0 atom stereocenters. The molecule has 0 fully saturated rings. The lowest BCUT2D eigenvalue weighted by molar-refractivity contribution is -0.299. The van der Waals surface area contributed by atoms with Crippen LogP contribution in [0.3, 0.4) is 0 Å². The van der Waals surface area contributed by atoms with Crippen LogP contribution in [-0.2, 0) is 4.79 Å². The van der Waals surface area contributed by atoms with Crippen LogP contribution in [-0.4, -0.2) is 5.97 Å². The zero-order valence-electron chi connectivity index (χ0n) is 7.65. The molecule has 0 spiro atoms. The van der Waals surface area contributed by atoms with Gasteiger partial charge >= 0.3 is 0 Å². The first kappa shape index (κ1) is 10.0. The van der Waals surface area contributed by atoms with Gasteiger partial charge in [-0.1, -0.05) is 18.2 Å². The summed E-state index contributed by atoms with van der Waals surface area (Å²) in [6.07, 6.45) is 1.50. The molecule has 0 aromatic heterocycles. The molecular weight excluding hydrogens is 178 g/mol. The van der Waals surface area contributed by atoms with Gasteiger partial charge in [-0.3, -0.25) is 0 Å². The van der Waals surface area contributed by atoms with Crippen molar-refractivity contribution in [1.82, 2.24) is 0 Å². The SMILES string of the molecule is C/C(=C\c1ccc(C#N)cc1)C(=O)[O-]. The molecule has 1 rings (SSSR count). The zero-order valence-corrected chi connectivity index (χ0v) is 7.65. The Hall–Kier alpha value is -2.08. The average molecular weight is 186 g/mol. The first-order valence-electron chi connectivity index (χ1n) is 4.03. The summed E-state index contributed by atoms with van der Waals surface area (Å²) in [6, 6.07) is 8.62. The van der Waals surface area contributed by atoms with Gasteiger partial charge in [-0.05, 0) is 30.2 Å². The minimum absolute atomic E-state index is 0.162. The van der Waals surface area contributed by atoms with Crippen molar-refractivity contribution in [3.8, 4) is 6.07 Å². The summed E-state index contributed by atoms with van der Waals surface area (Å²) in [5.41, 5.74) is 1.45. The van der Waals surface area contributed by atoms with Crippen molar-refractivity contribution in [3.05, 3.63) is 41.0 Å². The van der Waals surface area contributed by atoms with Gasteiger partial charge in [0, 0.05) is 0 Å². The normalized spacial score (nSPS) is 10.7. The lowest BCUT2D eigenvalue weighted by Crippen LogP contribution is -2.22. The van der Waals surface area contributed by atoms with Crippen molar-refractivity contribution < 1.29 is 9.90 Å². The van der Waals surface area contributed by atoms with Crippen LogP contribution in [0.4, 0.5) is 0 Å². The average Bonchev–Trinajstić information content (AvgIpc) is 2.19. The van der Waals surface area contributed by atoms with E-state index >= 15 is 0 Å². The highest BCUT2D eigenvalue weighted by atomic mass is 16.4. The van der Waals surface area contributed by atoms with Crippen molar-refractivity contribution in [1.29, 1.82) is 5.26 Å².